The molecule has 1 aliphatic rings. The monoisotopic (exact) mass is 221 g/mol. The molecular weight excluding hydrogens is 202 g/mol. The Morgan fingerprint density at radius 1 is 1.27 bits per heavy atom. The molecule has 0 radical (unpaired) electrons. The van der Waals surface area contributed by atoms with Gasteiger partial charge in [0.25, 0.3) is 0 Å². The molecule has 1 aromatic rings. The van der Waals surface area contributed by atoms with Crippen LogP contribution in [0, 0.1) is 0 Å². The smallest absolute Gasteiger partial charge is 0.0204 e. The van der Waals surface area contributed by atoms with Crippen LogP contribution in [-0.4, -0.2) is 18.3 Å². The molecule has 2 rings (SSSR count). The molecule has 2 heteroatoms. The van der Waals surface area contributed by atoms with Gasteiger partial charge in [-0.1, -0.05) is 36.8 Å². The third-order valence-corrected chi connectivity index (χ3v) is 4.62. The maximum atomic E-state index is 3.43. The summed E-state index contributed by atoms with van der Waals surface area (Å²) in [4.78, 5) is 0. The molecule has 2 unspecified atom stereocenters. The van der Waals surface area contributed by atoms with Gasteiger partial charge in [0, 0.05) is 17.0 Å². The summed E-state index contributed by atoms with van der Waals surface area (Å²) in [6, 6.07) is 11.5. The Labute approximate surface area is 96.7 Å². The summed E-state index contributed by atoms with van der Waals surface area (Å²) in [6.07, 6.45) is 4.12. The van der Waals surface area contributed by atoms with Gasteiger partial charge in [0.15, 0.2) is 0 Å². The van der Waals surface area contributed by atoms with Crippen molar-refractivity contribution in [3.8, 4) is 0 Å². The lowest BCUT2D eigenvalue weighted by Gasteiger charge is -2.18. The summed E-state index contributed by atoms with van der Waals surface area (Å²) in [6.45, 7) is 0. The van der Waals surface area contributed by atoms with Crippen LogP contribution in [0.4, 0.5) is 0 Å². The fourth-order valence-electron chi connectivity index (χ4n) is 2.23. The van der Waals surface area contributed by atoms with Crippen LogP contribution in [0.15, 0.2) is 30.3 Å². The van der Waals surface area contributed by atoms with Gasteiger partial charge in [-0.15, -0.1) is 0 Å². The molecule has 1 aromatic carbocycles. The van der Waals surface area contributed by atoms with Crippen molar-refractivity contribution in [2.24, 2.45) is 0 Å². The zero-order valence-electron chi connectivity index (χ0n) is 9.28. The predicted octanol–water partition coefficient (Wildman–Crippen LogP) is 3.06. The maximum absolute atomic E-state index is 3.43. The van der Waals surface area contributed by atoms with Crippen molar-refractivity contribution in [3.05, 3.63) is 35.9 Å². The van der Waals surface area contributed by atoms with Crippen molar-refractivity contribution in [2.75, 3.05) is 7.05 Å². The minimum Gasteiger partial charge on any atom is -0.316 e. The number of thioether (sulfide) groups is 1. The van der Waals surface area contributed by atoms with Crippen molar-refractivity contribution >= 4 is 11.8 Å². The Balaban J connectivity index is 1.83. The van der Waals surface area contributed by atoms with Crippen molar-refractivity contribution < 1.29 is 0 Å². The average Bonchev–Trinajstić information content (AvgIpc) is 2.75. The van der Waals surface area contributed by atoms with Crippen LogP contribution in [0.1, 0.15) is 24.8 Å². The molecular formula is C13H19NS. The molecule has 82 valence electrons. The van der Waals surface area contributed by atoms with E-state index in [0.717, 1.165) is 17.0 Å². The highest BCUT2D eigenvalue weighted by atomic mass is 32.2. The molecule has 0 saturated heterocycles. The van der Waals surface area contributed by atoms with Gasteiger partial charge >= 0.3 is 0 Å². The van der Waals surface area contributed by atoms with E-state index in [1.165, 1.54) is 24.8 Å². The molecule has 0 amide bonds. The lowest BCUT2D eigenvalue weighted by atomic mass is 10.2. The molecule has 1 N–H and O–H groups in total. The van der Waals surface area contributed by atoms with Crippen LogP contribution in [0.3, 0.4) is 0 Å². The molecule has 2 atom stereocenters. The lowest BCUT2D eigenvalue weighted by Crippen LogP contribution is -2.30. The van der Waals surface area contributed by atoms with Crippen LogP contribution in [0.2, 0.25) is 0 Å². The van der Waals surface area contributed by atoms with Crippen LogP contribution in [-0.2, 0) is 5.75 Å². The second-order valence-corrected chi connectivity index (χ2v) is 5.39. The van der Waals surface area contributed by atoms with Crippen molar-refractivity contribution in [3.63, 3.8) is 0 Å². The third-order valence-electron chi connectivity index (χ3n) is 3.13. The molecule has 0 spiro atoms. The van der Waals surface area contributed by atoms with E-state index >= 15 is 0 Å². The highest BCUT2D eigenvalue weighted by Gasteiger charge is 2.25. The van der Waals surface area contributed by atoms with Crippen molar-refractivity contribution in [1.82, 2.24) is 5.32 Å². The number of benzene rings is 1. The fourth-order valence-corrected chi connectivity index (χ4v) is 3.67. The minimum atomic E-state index is 0.735. The predicted molar refractivity (Wildman–Crippen MR) is 68.2 cm³/mol. The third kappa shape index (κ3) is 2.99. The number of hydrogen-bond acceptors (Lipinski definition) is 2. The molecule has 1 saturated carbocycles. The largest absolute Gasteiger partial charge is 0.316 e. The summed E-state index contributed by atoms with van der Waals surface area (Å²) >= 11 is 2.11. The van der Waals surface area contributed by atoms with E-state index in [9.17, 15) is 0 Å². The molecule has 0 heterocycles. The Morgan fingerprint density at radius 2 is 2.07 bits per heavy atom. The van der Waals surface area contributed by atoms with Gasteiger partial charge in [-0.05, 0) is 25.5 Å². The first-order chi connectivity index (χ1) is 7.40. The van der Waals surface area contributed by atoms with E-state index in [4.69, 9.17) is 0 Å². The average molecular weight is 221 g/mol. The quantitative estimate of drug-likeness (QED) is 0.838. The summed E-state index contributed by atoms with van der Waals surface area (Å²) in [5.74, 6) is 1.16. The van der Waals surface area contributed by atoms with E-state index in [2.05, 4.69) is 54.5 Å². The lowest BCUT2D eigenvalue weighted by molar-refractivity contribution is 0.591. The van der Waals surface area contributed by atoms with Crippen LogP contribution >= 0.6 is 11.8 Å². The van der Waals surface area contributed by atoms with E-state index in [-0.39, 0.29) is 0 Å². The maximum Gasteiger partial charge on any atom is 0.0204 e. The highest BCUT2D eigenvalue weighted by molar-refractivity contribution is 7.99. The van der Waals surface area contributed by atoms with E-state index in [1.54, 1.807) is 0 Å². The Bertz CT molecular complexity index is 286. The molecule has 0 bridgehead atoms. The molecule has 1 aliphatic carbocycles. The van der Waals surface area contributed by atoms with Gasteiger partial charge in [0.1, 0.15) is 0 Å². The summed E-state index contributed by atoms with van der Waals surface area (Å²) in [5, 5.41) is 4.24. The minimum absolute atomic E-state index is 0.735. The zero-order chi connectivity index (χ0) is 10.5. The van der Waals surface area contributed by atoms with Crippen LogP contribution < -0.4 is 5.32 Å². The number of rotatable bonds is 4. The van der Waals surface area contributed by atoms with Gasteiger partial charge in [0.2, 0.25) is 0 Å². The number of nitrogens with one attached hydrogen (secondary N) is 1. The second-order valence-electron chi connectivity index (χ2n) is 4.16. The summed E-state index contributed by atoms with van der Waals surface area (Å²) in [5.41, 5.74) is 1.45. The van der Waals surface area contributed by atoms with Gasteiger partial charge in [-0.2, -0.15) is 11.8 Å². The standard InChI is InChI=1S/C13H19NS/c1-14-12-8-5-9-13(12)15-10-11-6-3-2-4-7-11/h2-4,6-7,12-14H,5,8-10H2,1H3. The first-order valence-corrected chi connectivity index (χ1v) is 6.78. The highest BCUT2D eigenvalue weighted by Crippen LogP contribution is 2.31. The summed E-state index contributed by atoms with van der Waals surface area (Å²) in [7, 11) is 2.09. The van der Waals surface area contributed by atoms with E-state index in [0.29, 0.717) is 0 Å². The molecule has 0 aromatic heterocycles. The first-order valence-electron chi connectivity index (χ1n) is 5.73. The molecule has 1 nitrogen and oxygen atoms in total. The molecule has 1 fully saturated rings. The summed E-state index contributed by atoms with van der Waals surface area (Å²) < 4.78 is 0. The van der Waals surface area contributed by atoms with Crippen molar-refractivity contribution in [1.29, 1.82) is 0 Å². The molecule has 15 heavy (non-hydrogen) atoms. The Kier molecular flexibility index (Phi) is 4.09. The van der Waals surface area contributed by atoms with E-state index < -0.39 is 0 Å². The normalized spacial score (nSPS) is 25.7. The van der Waals surface area contributed by atoms with Gasteiger partial charge in [-0.3, -0.25) is 0 Å². The van der Waals surface area contributed by atoms with E-state index in [1.807, 2.05) is 0 Å². The van der Waals surface area contributed by atoms with Crippen LogP contribution in [0.5, 0.6) is 0 Å². The number of hydrogen-bond donors (Lipinski definition) is 1. The van der Waals surface area contributed by atoms with Crippen LogP contribution in [0.25, 0.3) is 0 Å². The topological polar surface area (TPSA) is 12.0 Å². The van der Waals surface area contributed by atoms with Gasteiger partial charge in [-0.25, -0.2) is 0 Å². The fraction of sp³-hybridized carbons (Fsp3) is 0.538. The SMILES string of the molecule is CNC1CCCC1SCc1ccccc1. The van der Waals surface area contributed by atoms with Crippen molar-refractivity contribution in [2.45, 2.75) is 36.3 Å². The zero-order valence-corrected chi connectivity index (χ0v) is 10.1. The first kappa shape index (κ1) is 11.0. The molecule has 0 aliphatic heterocycles. The Morgan fingerprint density at radius 3 is 2.80 bits per heavy atom. The van der Waals surface area contributed by atoms with Gasteiger partial charge < -0.3 is 5.32 Å². The second kappa shape index (κ2) is 5.57. The van der Waals surface area contributed by atoms with Gasteiger partial charge in [0.05, 0.1) is 0 Å². The Hall–Kier alpha value is -0.470.